The van der Waals surface area contributed by atoms with Gasteiger partial charge in [0.25, 0.3) is 0 Å². The van der Waals surface area contributed by atoms with Crippen molar-refractivity contribution in [2.45, 2.75) is 19.5 Å². The van der Waals surface area contributed by atoms with Crippen LogP contribution in [0.5, 0.6) is 0 Å². The second-order valence-electron chi connectivity index (χ2n) is 4.60. The van der Waals surface area contributed by atoms with E-state index in [0.717, 1.165) is 17.3 Å². The Hall–Kier alpha value is -1.09. The molecule has 0 aliphatic carbocycles. The molecule has 1 unspecified atom stereocenters. The number of aromatic nitrogens is 1. The van der Waals surface area contributed by atoms with Crippen LogP contribution >= 0.6 is 23.2 Å². The first-order valence-electron chi connectivity index (χ1n) is 6.13. The van der Waals surface area contributed by atoms with Crippen LogP contribution in [0.2, 0.25) is 10.2 Å². The Morgan fingerprint density at radius 1 is 1.16 bits per heavy atom. The van der Waals surface area contributed by atoms with Crippen molar-refractivity contribution in [1.82, 2.24) is 9.88 Å². The van der Waals surface area contributed by atoms with Crippen LogP contribution in [0.1, 0.15) is 24.2 Å². The van der Waals surface area contributed by atoms with Crippen LogP contribution in [0.3, 0.4) is 0 Å². The van der Waals surface area contributed by atoms with Gasteiger partial charge in [-0.3, -0.25) is 4.90 Å². The Kier molecular flexibility index (Phi) is 4.81. The van der Waals surface area contributed by atoms with Gasteiger partial charge in [-0.05, 0) is 43.8 Å². The second kappa shape index (κ2) is 6.38. The van der Waals surface area contributed by atoms with E-state index in [1.165, 1.54) is 5.56 Å². The zero-order chi connectivity index (χ0) is 13.8. The van der Waals surface area contributed by atoms with E-state index in [0.29, 0.717) is 5.15 Å². The molecule has 1 aromatic carbocycles. The summed E-state index contributed by atoms with van der Waals surface area (Å²) in [4.78, 5) is 6.52. The molecule has 1 heterocycles. The van der Waals surface area contributed by atoms with E-state index in [9.17, 15) is 0 Å². The number of pyridine rings is 1. The molecule has 0 aliphatic heterocycles. The molecule has 0 N–H and O–H groups in total. The molecule has 0 bridgehead atoms. The monoisotopic (exact) mass is 294 g/mol. The number of hydrogen-bond donors (Lipinski definition) is 0. The Morgan fingerprint density at radius 2 is 1.89 bits per heavy atom. The molecule has 0 aliphatic rings. The lowest BCUT2D eigenvalue weighted by Crippen LogP contribution is -2.22. The summed E-state index contributed by atoms with van der Waals surface area (Å²) in [5, 5.41) is 1.29. The van der Waals surface area contributed by atoms with E-state index < -0.39 is 0 Å². The SMILES string of the molecule is CC(c1cccc(Cl)c1)N(C)Cc1cccc(Cl)n1. The van der Waals surface area contributed by atoms with Crippen LogP contribution in [0.15, 0.2) is 42.5 Å². The van der Waals surface area contributed by atoms with Gasteiger partial charge in [0, 0.05) is 17.6 Å². The third kappa shape index (κ3) is 3.93. The molecule has 0 spiro atoms. The van der Waals surface area contributed by atoms with Crippen molar-refractivity contribution in [2.75, 3.05) is 7.05 Å². The predicted octanol–water partition coefficient (Wildman–Crippen LogP) is 4.58. The summed E-state index contributed by atoms with van der Waals surface area (Å²) in [5.74, 6) is 0. The minimum absolute atomic E-state index is 0.263. The van der Waals surface area contributed by atoms with Gasteiger partial charge in [0.2, 0.25) is 0 Å². The summed E-state index contributed by atoms with van der Waals surface area (Å²) < 4.78 is 0. The highest BCUT2D eigenvalue weighted by molar-refractivity contribution is 6.30. The highest BCUT2D eigenvalue weighted by Crippen LogP contribution is 2.23. The molecule has 100 valence electrons. The summed E-state index contributed by atoms with van der Waals surface area (Å²) >= 11 is 11.9. The van der Waals surface area contributed by atoms with Crippen LogP contribution in [0.4, 0.5) is 0 Å². The van der Waals surface area contributed by atoms with Gasteiger partial charge >= 0.3 is 0 Å². The molecule has 2 nitrogen and oxygen atoms in total. The molecular formula is C15H16Cl2N2. The molecule has 1 aromatic heterocycles. The maximum Gasteiger partial charge on any atom is 0.129 e. The number of halogens is 2. The molecule has 0 saturated heterocycles. The minimum Gasteiger partial charge on any atom is -0.294 e. The van der Waals surface area contributed by atoms with Crippen molar-refractivity contribution >= 4 is 23.2 Å². The largest absolute Gasteiger partial charge is 0.294 e. The van der Waals surface area contributed by atoms with Crippen molar-refractivity contribution in [3.05, 3.63) is 63.9 Å². The van der Waals surface area contributed by atoms with Gasteiger partial charge in [0.05, 0.1) is 5.69 Å². The lowest BCUT2D eigenvalue weighted by atomic mass is 10.1. The van der Waals surface area contributed by atoms with Crippen LogP contribution in [-0.2, 0) is 6.54 Å². The van der Waals surface area contributed by atoms with Gasteiger partial charge in [-0.25, -0.2) is 4.98 Å². The van der Waals surface area contributed by atoms with E-state index in [1.54, 1.807) is 6.07 Å². The van der Waals surface area contributed by atoms with E-state index >= 15 is 0 Å². The van der Waals surface area contributed by atoms with Crippen LogP contribution in [-0.4, -0.2) is 16.9 Å². The number of rotatable bonds is 4. The second-order valence-corrected chi connectivity index (χ2v) is 5.42. The van der Waals surface area contributed by atoms with E-state index in [2.05, 4.69) is 29.9 Å². The Bertz CT molecular complexity index is 557. The smallest absolute Gasteiger partial charge is 0.129 e. The zero-order valence-electron chi connectivity index (χ0n) is 11.0. The standard InChI is InChI=1S/C15H16Cl2N2/c1-11(12-5-3-6-13(16)9-12)19(2)10-14-7-4-8-15(17)18-14/h3-9,11H,10H2,1-2H3. The maximum atomic E-state index is 6.03. The third-order valence-electron chi connectivity index (χ3n) is 3.18. The average molecular weight is 295 g/mol. The van der Waals surface area contributed by atoms with Crippen molar-refractivity contribution in [3.8, 4) is 0 Å². The predicted molar refractivity (Wildman–Crippen MR) is 80.6 cm³/mol. The fraction of sp³-hybridized carbons (Fsp3) is 0.267. The average Bonchev–Trinajstić information content (AvgIpc) is 2.38. The van der Waals surface area contributed by atoms with E-state index in [1.807, 2.05) is 30.3 Å². The van der Waals surface area contributed by atoms with Crippen molar-refractivity contribution in [2.24, 2.45) is 0 Å². The number of benzene rings is 1. The molecule has 0 fully saturated rings. The van der Waals surface area contributed by atoms with Crippen LogP contribution in [0.25, 0.3) is 0 Å². The summed E-state index contributed by atoms with van der Waals surface area (Å²) in [6, 6.07) is 13.9. The first-order chi connectivity index (χ1) is 9.06. The molecular weight excluding hydrogens is 279 g/mol. The lowest BCUT2D eigenvalue weighted by molar-refractivity contribution is 0.250. The normalized spacial score (nSPS) is 12.7. The van der Waals surface area contributed by atoms with Gasteiger partial charge in [-0.2, -0.15) is 0 Å². The molecule has 4 heteroatoms. The summed E-state index contributed by atoms with van der Waals surface area (Å²) in [6.45, 7) is 2.89. The molecule has 2 aromatic rings. The Morgan fingerprint density at radius 3 is 2.58 bits per heavy atom. The van der Waals surface area contributed by atoms with Gasteiger partial charge in [-0.1, -0.05) is 41.4 Å². The first-order valence-corrected chi connectivity index (χ1v) is 6.89. The highest BCUT2D eigenvalue weighted by atomic mass is 35.5. The van der Waals surface area contributed by atoms with E-state index in [4.69, 9.17) is 23.2 Å². The van der Waals surface area contributed by atoms with E-state index in [-0.39, 0.29) is 6.04 Å². The van der Waals surface area contributed by atoms with Gasteiger partial charge in [-0.15, -0.1) is 0 Å². The van der Waals surface area contributed by atoms with Crippen molar-refractivity contribution in [3.63, 3.8) is 0 Å². The van der Waals surface area contributed by atoms with Crippen LogP contribution < -0.4 is 0 Å². The highest BCUT2D eigenvalue weighted by Gasteiger charge is 2.12. The van der Waals surface area contributed by atoms with Gasteiger partial charge < -0.3 is 0 Å². The molecule has 0 saturated carbocycles. The first kappa shape index (κ1) is 14.3. The summed E-state index contributed by atoms with van der Waals surface area (Å²) in [6.07, 6.45) is 0. The van der Waals surface area contributed by atoms with Crippen LogP contribution in [0, 0.1) is 0 Å². The topological polar surface area (TPSA) is 16.1 Å². The number of nitrogens with zero attached hydrogens (tertiary/aromatic N) is 2. The zero-order valence-corrected chi connectivity index (χ0v) is 12.5. The molecule has 2 rings (SSSR count). The van der Waals surface area contributed by atoms with Crippen molar-refractivity contribution < 1.29 is 0 Å². The Labute approximate surface area is 124 Å². The summed E-state index contributed by atoms with van der Waals surface area (Å²) in [5.41, 5.74) is 2.15. The lowest BCUT2D eigenvalue weighted by Gasteiger charge is -2.24. The molecule has 19 heavy (non-hydrogen) atoms. The molecule has 0 radical (unpaired) electrons. The molecule has 1 atom stereocenters. The fourth-order valence-electron chi connectivity index (χ4n) is 1.95. The fourth-order valence-corrected chi connectivity index (χ4v) is 2.33. The summed E-state index contributed by atoms with van der Waals surface area (Å²) in [7, 11) is 2.06. The Balaban J connectivity index is 2.09. The van der Waals surface area contributed by atoms with Gasteiger partial charge in [0.1, 0.15) is 5.15 Å². The van der Waals surface area contributed by atoms with Crippen molar-refractivity contribution in [1.29, 1.82) is 0 Å². The maximum absolute atomic E-state index is 6.03. The number of hydrogen-bond acceptors (Lipinski definition) is 2. The third-order valence-corrected chi connectivity index (χ3v) is 3.62. The molecule has 0 amide bonds. The minimum atomic E-state index is 0.263. The quantitative estimate of drug-likeness (QED) is 0.767. The van der Waals surface area contributed by atoms with Gasteiger partial charge in [0.15, 0.2) is 0 Å².